The van der Waals surface area contributed by atoms with E-state index >= 15 is 0 Å². The molecule has 0 unspecified atom stereocenters. The fourth-order valence-electron chi connectivity index (χ4n) is 2.89. The Balaban J connectivity index is 1.69. The van der Waals surface area contributed by atoms with E-state index in [1.807, 2.05) is 50.3 Å². The van der Waals surface area contributed by atoms with Crippen LogP contribution in [0.25, 0.3) is 0 Å². The van der Waals surface area contributed by atoms with Gasteiger partial charge in [0.25, 0.3) is 0 Å². The summed E-state index contributed by atoms with van der Waals surface area (Å²) < 4.78 is 0. The van der Waals surface area contributed by atoms with Gasteiger partial charge in [-0.3, -0.25) is 0 Å². The average Bonchev–Trinajstić information content (AvgIpc) is 2.62. The molecular weight excluding hydrogens is 300 g/mol. The number of hydrogen-bond donors (Lipinski definition) is 0. The fraction of sp³-hybridized carbons (Fsp3) is 0.389. The molecule has 2 heterocycles. The smallest absolute Gasteiger partial charge is 0.226 e. The number of benzene rings is 1. The third-order valence-electron chi connectivity index (χ3n) is 4.33. The molecule has 1 fully saturated rings. The lowest BCUT2D eigenvalue weighted by Gasteiger charge is -2.37. The largest absolute Gasteiger partial charge is 0.368 e. The number of rotatable bonds is 3. The molecule has 0 saturated carbocycles. The van der Waals surface area contributed by atoms with Gasteiger partial charge in [-0.05, 0) is 36.8 Å². The molecule has 1 aliphatic rings. The first-order valence-electron chi connectivity index (χ1n) is 8.09. The molecule has 1 saturated heterocycles. The summed E-state index contributed by atoms with van der Waals surface area (Å²) in [7, 11) is 3.90. The Bertz CT molecular complexity index is 756. The summed E-state index contributed by atoms with van der Waals surface area (Å²) in [6.45, 7) is 5.70. The summed E-state index contributed by atoms with van der Waals surface area (Å²) in [6, 6.07) is 10.2. The van der Waals surface area contributed by atoms with Crippen molar-refractivity contribution < 1.29 is 0 Å². The SMILES string of the molecule is Cc1cc(N2CCN(c3ccnc(N(C)C)n3)CC2)ccc1C#N. The molecule has 1 aromatic heterocycles. The van der Waals surface area contributed by atoms with Gasteiger partial charge in [0.1, 0.15) is 5.82 Å². The van der Waals surface area contributed by atoms with E-state index in [1.54, 1.807) is 0 Å². The zero-order chi connectivity index (χ0) is 17.1. The van der Waals surface area contributed by atoms with Crippen molar-refractivity contribution in [2.24, 2.45) is 0 Å². The third-order valence-corrected chi connectivity index (χ3v) is 4.33. The molecular formula is C18H22N6. The van der Waals surface area contributed by atoms with Crippen molar-refractivity contribution in [2.45, 2.75) is 6.92 Å². The Morgan fingerprint density at radius 3 is 2.42 bits per heavy atom. The van der Waals surface area contributed by atoms with Gasteiger partial charge in [0.05, 0.1) is 11.6 Å². The van der Waals surface area contributed by atoms with E-state index in [1.165, 1.54) is 5.69 Å². The minimum Gasteiger partial charge on any atom is -0.368 e. The van der Waals surface area contributed by atoms with E-state index in [9.17, 15) is 0 Å². The molecule has 0 radical (unpaired) electrons. The number of nitriles is 1. The second-order valence-electron chi connectivity index (χ2n) is 6.19. The molecule has 0 aliphatic carbocycles. The second kappa shape index (κ2) is 6.75. The molecule has 6 nitrogen and oxygen atoms in total. The normalized spacial score (nSPS) is 14.4. The minimum atomic E-state index is 0.734. The summed E-state index contributed by atoms with van der Waals surface area (Å²) in [5, 5.41) is 9.06. The van der Waals surface area contributed by atoms with Gasteiger partial charge in [-0.25, -0.2) is 4.98 Å². The van der Waals surface area contributed by atoms with Gasteiger partial charge < -0.3 is 14.7 Å². The van der Waals surface area contributed by atoms with Gasteiger partial charge in [-0.1, -0.05) is 0 Å². The first-order chi connectivity index (χ1) is 11.6. The summed E-state index contributed by atoms with van der Waals surface area (Å²) in [6.07, 6.45) is 1.81. The zero-order valence-electron chi connectivity index (χ0n) is 14.4. The zero-order valence-corrected chi connectivity index (χ0v) is 14.4. The standard InChI is InChI=1S/C18H22N6/c1-14-12-16(5-4-15(14)13-19)23-8-10-24(11-9-23)17-6-7-20-18(21-17)22(2)3/h4-7,12H,8-11H2,1-3H3. The van der Waals surface area contributed by atoms with Crippen molar-refractivity contribution in [3.05, 3.63) is 41.6 Å². The predicted molar refractivity (Wildman–Crippen MR) is 96.7 cm³/mol. The van der Waals surface area contributed by atoms with Crippen LogP contribution in [-0.2, 0) is 0 Å². The summed E-state index contributed by atoms with van der Waals surface area (Å²) in [5.41, 5.74) is 2.96. The molecule has 0 amide bonds. The fourth-order valence-corrected chi connectivity index (χ4v) is 2.89. The molecule has 2 aromatic rings. The molecule has 0 N–H and O–H groups in total. The molecule has 0 spiro atoms. The van der Waals surface area contributed by atoms with Gasteiger partial charge in [0.2, 0.25) is 5.95 Å². The van der Waals surface area contributed by atoms with Crippen molar-refractivity contribution in [1.29, 1.82) is 5.26 Å². The van der Waals surface area contributed by atoms with E-state index < -0.39 is 0 Å². The van der Waals surface area contributed by atoms with Crippen molar-refractivity contribution in [3.63, 3.8) is 0 Å². The number of aryl methyl sites for hydroxylation is 1. The van der Waals surface area contributed by atoms with Crippen LogP contribution in [0.15, 0.2) is 30.5 Å². The van der Waals surface area contributed by atoms with Crippen LogP contribution >= 0.6 is 0 Å². The third kappa shape index (κ3) is 3.25. The first-order valence-corrected chi connectivity index (χ1v) is 8.09. The quantitative estimate of drug-likeness (QED) is 0.862. The topological polar surface area (TPSA) is 59.3 Å². The maximum absolute atomic E-state index is 9.06. The average molecular weight is 322 g/mol. The molecule has 6 heteroatoms. The predicted octanol–water partition coefficient (Wildman–Crippen LogP) is 2.05. The van der Waals surface area contributed by atoms with E-state index in [2.05, 4.69) is 31.9 Å². The van der Waals surface area contributed by atoms with Gasteiger partial charge in [-0.2, -0.15) is 10.2 Å². The number of nitrogens with zero attached hydrogens (tertiary/aromatic N) is 6. The Morgan fingerprint density at radius 1 is 1.08 bits per heavy atom. The number of anilines is 3. The van der Waals surface area contributed by atoms with Crippen LogP contribution in [0, 0.1) is 18.3 Å². The molecule has 3 rings (SSSR count). The van der Waals surface area contributed by atoms with Gasteiger partial charge in [0, 0.05) is 52.2 Å². The number of hydrogen-bond acceptors (Lipinski definition) is 6. The molecule has 124 valence electrons. The highest BCUT2D eigenvalue weighted by atomic mass is 15.3. The van der Waals surface area contributed by atoms with Crippen LogP contribution in [0.3, 0.4) is 0 Å². The van der Waals surface area contributed by atoms with Gasteiger partial charge in [-0.15, -0.1) is 0 Å². The summed E-state index contributed by atoms with van der Waals surface area (Å²) in [4.78, 5) is 15.5. The monoisotopic (exact) mass is 322 g/mol. The molecule has 1 aromatic carbocycles. The molecule has 0 atom stereocenters. The van der Waals surface area contributed by atoms with Crippen LogP contribution < -0.4 is 14.7 Å². The lowest BCUT2D eigenvalue weighted by molar-refractivity contribution is 0.646. The first kappa shape index (κ1) is 16.1. The highest BCUT2D eigenvalue weighted by molar-refractivity contribution is 5.55. The molecule has 0 bridgehead atoms. The van der Waals surface area contributed by atoms with Crippen LogP contribution in [0.2, 0.25) is 0 Å². The lowest BCUT2D eigenvalue weighted by atomic mass is 10.1. The van der Waals surface area contributed by atoms with Crippen LogP contribution in [0.5, 0.6) is 0 Å². The highest BCUT2D eigenvalue weighted by Crippen LogP contribution is 2.22. The molecule has 1 aliphatic heterocycles. The Labute approximate surface area is 143 Å². The second-order valence-corrected chi connectivity index (χ2v) is 6.19. The Morgan fingerprint density at radius 2 is 1.79 bits per heavy atom. The van der Waals surface area contributed by atoms with E-state index in [4.69, 9.17) is 5.26 Å². The van der Waals surface area contributed by atoms with Crippen LogP contribution in [-0.4, -0.2) is 50.2 Å². The Hall–Kier alpha value is -2.81. The van der Waals surface area contributed by atoms with Crippen LogP contribution in [0.1, 0.15) is 11.1 Å². The Kier molecular flexibility index (Phi) is 4.52. The molecule has 24 heavy (non-hydrogen) atoms. The minimum absolute atomic E-state index is 0.734. The number of piperazine rings is 1. The maximum Gasteiger partial charge on any atom is 0.226 e. The van der Waals surface area contributed by atoms with E-state index in [0.29, 0.717) is 0 Å². The van der Waals surface area contributed by atoms with Crippen LogP contribution in [0.4, 0.5) is 17.5 Å². The lowest BCUT2D eigenvalue weighted by Crippen LogP contribution is -2.47. The van der Waals surface area contributed by atoms with E-state index in [0.717, 1.165) is 49.1 Å². The number of aromatic nitrogens is 2. The van der Waals surface area contributed by atoms with Gasteiger partial charge >= 0.3 is 0 Å². The van der Waals surface area contributed by atoms with Gasteiger partial charge in [0.15, 0.2) is 0 Å². The van der Waals surface area contributed by atoms with Crippen molar-refractivity contribution >= 4 is 17.5 Å². The maximum atomic E-state index is 9.06. The summed E-state index contributed by atoms with van der Waals surface area (Å²) in [5.74, 6) is 1.71. The van der Waals surface area contributed by atoms with Crippen molar-refractivity contribution in [2.75, 3.05) is 55.0 Å². The van der Waals surface area contributed by atoms with E-state index in [-0.39, 0.29) is 0 Å². The summed E-state index contributed by atoms with van der Waals surface area (Å²) >= 11 is 0. The highest BCUT2D eigenvalue weighted by Gasteiger charge is 2.19. The van der Waals surface area contributed by atoms with Crippen molar-refractivity contribution in [1.82, 2.24) is 9.97 Å². The van der Waals surface area contributed by atoms with Crippen molar-refractivity contribution in [3.8, 4) is 6.07 Å².